The van der Waals surface area contributed by atoms with E-state index < -0.39 is 5.97 Å². The van der Waals surface area contributed by atoms with E-state index in [0.717, 1.165) is 7.11 Å². The standard InChI is InChI=1S/C6H8O2.CH4O/c1-3-4-5(2)6(7)8;1-2/h3H,1-2H3,(H,7,8);2H,1H3. The quantitative estimate of drug-likeness (QED) is 0.422. The summed E-state index contributed by atoms with van der Waals surface area (Å²) < 4.78 is 0. The number of carboxylic acids is 1. The first-order valence-electron chi connectivity index (χ1n) is 2.74. The molecule has 0 aromatic carbocycles. The maximum Gasteiger partial charge on any atom is 0.339 e. The Bertz CT molecular complexity index is 152. The molecular weight excluding hydrogens is 132 g/mol. The lowest BCUT2D eigenvalue weighted by atomic mass is 10.3. The number of carbonyl (C=O) groups is 1. The molecule has 0 heterocycles. The summed E-state index contributed by atoms with van der Waals surface area (Å²) in [4.78, 5) is 9.97. The van der Waals surface area contributed by atoms with Crippen molar-refractivity contribution in [2.45, 2.75) is 13.8 Å². The van der Waals surface area contributed by atoms with E-state index in [9.17, 15) is 4.79 Å². The maximum absolute atomic E-state index is 9.97. The molecule has 0 amide bonds. The number of hydrogen-bond donors (Lipinski definition) is 2. The third-order valence-electron chi connectivity index (χ3n) is 0.682. The van der Waals surface area contributed by atoms with Crippen molar-refractivity contribution >= 4 is 5.97 Å². The SMILES string of the molecule is CC=C=C(C)C(=O)O.CO. The zero-order valence-corrected chi connectivity index (χ0v) is 6.38. The van der Waals surface area contributed by atoms with Crippen molar-refractivity contribution in [3.8, 4) is 0 Å². The van der Waals surface area contributed by atoms with Gasteiger partial charge in [-0.25, -0.2) is 4.79 Å². The van der Waals surface area contributed by atoms with Crippen molar-refractivity contribution < 1.29 is 15.0 Å². The van der Waals surface area contributed by atoms with Gasteiger partial charge < -0.3 is 10.2 Å². The third kappa shape index (κ3) is 6.95. The normalized spacial score (nSPS) is 6.40. The van der Waals surface area contributed by atoms with E-state index >= 15 is 0 Å². The molecule has 0 saturated carbocycles. The lowest BCUT2D eigenvalue weighted by Gasteiger charge is -1.81. The summed E-state index contributed by atoms with van der Waals surface area (Å²) in [5.74, 6) is -0.914. The van der Waals surface area contributed by atoms with Gasteiger partial charge in [-0.3, -0.25) is 0 Å². The minimum Gasteiger partial charge on any atom is -0.477 e. The average Bonchev–Trinajstić information content (AvgIpc) is 1.93. The molecule has 0 spiro atoms. The van der Waals surface area contributed by atoms with Crippen molar-refractivity contribution in [3.05, 3.63) is 17.4 Å². The molecule has 0 bridgehead atoms. The van der Waals surface area contributed by atoms with Crippen LogP contribution < -0.4 is 0 Å². The number of aliphatic carboxylic acids is 1. The van der Waals surface area contributed by atoms with Crippen LogP contribution in [0.1, 0.15) is 13.8 Å². The van der Waals surface area contributed by atoms with Crippen LogP contribution in [0, 0.1) is 0 Å². The largest absolute Gasteiger partial charge is 0.477 e. The Labute approximate surface area is 60.3 Å². The molecule has 58 valence electrons. The molecule has 0 aliphatic rings. The lowest BCUT2D eigenvalue weighted by Crippen LogP contribution is -1.93. The zero-order chi connectivity index (χ0) is 8.57. The van der Waals surface area contributed by atoms with Crippen LogP contribution in [0.4, 0.5) is 0 Å². The number of rotatable bonds is 1. The highest BCUT2D eigenvalue weighted by Crippen LogP contribution is 1.85. The predicted octanol–water partition coefficient (Wildman–Crippen LogP) is 0.801. The monoisotopic (exact) mass is 144 g/mol. The van der Waals surface area contributed by atoms with Gasteiger partial charge in [0.25, 0.3) is 0 Å². The smallest absolute Gasteiger partial charge is 0.339 e. The van der Waals surface area contributed by atoms with Crippen molar-refractivity contribution in [2.24, 2.45) is 0 Å². The van der Waals surface area contributed by atoms with Crippen LogP contribution in [-0.4, -0.2) is 23.3 Å². The fourth-order valence-electron chi connectivity index (χ4n) is 0.278. The second-order valence-corrected chi connectivity index (χ2v) is 1.36. The van der Waals surface area contributed by atoms with Crippen LogP contribution >= 0.6 is 0 Å². The predicted molar refractivity (Wildman–Crippen MR) is 38.7 cm³/mol. The Morgan fingerprint density at radius 3 is 2.00 bits per heavy atom. The van der Waals surface area contributed by atoms with Crippen molar-refractivity contribution in [2.75, 3.05) is 7.11 Å². The van der Waals surface area contributed by atoms with Gasteiger partial charge in [0.1, 0.15) is 0 Å². The Hall–Kier alpha value is -1.05. The number of hydrogen-bond acceptors (Lipinski definition) is 2. The van der Waals surface area contributed by atoms with Crippen molar-refractivity contribution in [3.63, 3.8) is 0 Å². The third-order valence-corrected chi connectivity index (χ3v) is 0.682. The fourth-order valence-corrected chi connectivity index (χ4v) is 0.278. The lowest BCUT2D eigenvalue weighted by molar-refractivity contribution is -0.132. The summed E-state index contributed by atoms with van der Waals surface area (Å²) >= 11 is 0. The van der Waals surface area contributed by atoms with Crippen LogP contribution in [-0.2, 0) is 4.79 Å². The van der Waals surface area contributed by atoms with Gasteiger partial charge in [0.2, 0.25) is 0 Å². The molecular formula is C7H12O3. The Balaban J connectivity index is 0. The highest BCUT2D eigenvalue weighted by atomic mass is 16.4. The molecule has 0 aromatic rings. The Kier molecular flexibility index (Phi) is 9.31. The van der Waals surface area contributed by atoms with E-state index in [0.29, 0.717) is 0 Å². The summed E-state index contributed by atoms with van der Waals surface area (Å²) in [6.07, 6.45) is 1.57. The molecule has 0 unspecified atom stereocenters. The molecule has 3 nitrogen and oxygen atoms in total. The molecule has 0 fully saturated rings. The molecule has 0 aromatic heterocycles. The van der Waals surface area contributed by atoms with E-state index in [-0.39, 0.29) is 5.57 Å². The average molecular weight is 144 g/mol. The van der Waals surface area contributed by atoms with Crippen LogP contribution in [0.15, 0.2) is 17.4 Å². The van der Waals surface area contributed by atoms with Crippen LogP contribution in [0.5, 0.6) is 0 Å². The summed E-state index contributed by atoms with van der Waals surface area (Å²) in [6.45, 7) is 3.23. The number of carboxylic acid groups (broad SMARTS) is 1. The van der Waals surface area contributed by atoms with E-state index in [1.54, 1.807) is 13.0 Å². The topological polar surface area (TPSA) is 57.5 Å². The van der Waals surface area contributed by atoms with Gasteiger partial charge in [-0.2, -0.15) is 0 Å². The second-order valence-electron chi connectivity index (χ2n) is 1.36. The molecule has 0 aliphatic heterocycles. The number of aliphatic hydroxyl groups excluding tert-OH is 1. The van der Waals surface area contributed by atoms with Gasteiger partial charge in [-0.15, -0.1) is 5.73 Å². The first kappa shape index (κ1) is 11.7. The van der Waals surface area contributed by atoms with Crippen LogP contribution in [0.2, 0.25) is 0 Å². The minimum atomic E-state index is -0.914. The van der Waals surface area contributed by atoms with Gasteiger partial charge >= 0.3 is 5.97 Å². The highest BCUT2D eigenvalue weighted by Gasteiger charge is 1.94. The van der Waals surface area contributed by atoms with E-state index in [1.165, 1.54) is 6.92 Å². The Morgan fingerprint density at radius 2 is 1.90 bits per heavy atom. The van der Waals surface area contributed by atoms with Crippen LogP contribution in [0.25, 0.3) is 0 Å². The Morgan fingerprint density at radius 1 is 1.50 bits per heavy atom. The van der Waals surface area contributed by atoms with Gasteiger partial charge in [-0.05, 0) is 19.9 Å². The minimum absolute atomic E-state index is 0.243. The van der Waals surface area contributed by atoms with Gasteiger partial charge in [0.05, 0.1) is 5.57 Å². The second kappa shape index (κ2) is 7.95. The molecule has 3 heteroatoms. The molecule has 0 rings (SSSR count). The van der Waals surface area contributed by atoms with Gasteiger partial charge in [0, 0.05) is 7.11 Å². The molecule has 10 heavy (non-hydrogen) atoms. The first-order chi connectivity index (χ1) is 4.68. The molecule has 2 N–H and O–H groups in total. The fraction of sp³-hybridized carbons (Fsp3) is 0.429. The van der Waals surface area contributed by atoms with E-state index in [2.05, 4.69) is 5.73 Å². The molecule has 0 saturated heterocycles. The maximum atomic E-state index is 9.97. The van der Waals surface area contributed by atoms with E-state index in [1.807, 2.05) is 0 Å². The molecule has 0 aliphatic carbocycles. The van der Waals surface area contributed by atoms with Gasteiger partial charge in [-0.1, -0.05) is 0 Å². The summed E-state index contributed by atoms with van der Waals surface area (Å²) in [5, 5.41) is 15.2. The van der Waals surface area contributed by atoms with Crippen LogP contribution in [0.3, 0.4) is 0 Å². The number of aliphatic hydroxyl groups is 1. The summed E-state index contributed by atoms with van der Waals surface area (Å²) in [5.41, 5.74) is 2.78. The zero-order valence-electron chi connectivity index (χ0n) is 6.38. The van der Waals surface area contributed by atoms with Crippen molar-refractivity contribution in [1.82, 2.24) is 0 Å². The van der Waals surface area contributed by atoms with Gasteiger partial charge in [0.15, 0.2) is 0 Å². The highest BCUT2D eigenvalue weighted by molar-refractivity contribution is 5.85. The molecule has 0 atom stereocenters. The molecule has 0 radical (unpaired) electrons. The van der Waals surface area contributed by atoms with Crippen molar-refractivity contribution in [1.29, 1.82) is 0 Å². The first-order valence-corrected chi connectivity index (χ1v) is 2.74. The summed E-state index contributed by atoms with van der Waals surface area (Å²) in [6, 6.07) is 0. The van der Waals surface area contributed by atoms with E-state index in [4.69, 9.17) is 10.2 Å². The summed E-state index contributed by atoms with van der Waals surface area (Å²) in [7, 11) is 1.00.